The molecule has 3 rings (SSSR count). The molecule has 0 bridgehead atoms. The second-order valence-electron chi connectivity index (χ2n) is 7.47. The minimum absolute atomic E-state index is 0.228. The number of nitrogens with zero attached hydrogens (tertiary/aromatic N) is 3. The average Bonchev–Trinajstić information content (AvgIpc) is 2.69. The van der Waals surface area contributed by atoms with Crippen LogP contribution in [0.25, 0.3) is 5.57 Å². The Morgan fingerprint density at radius 1 is 0.778 bits per heavy atom. The van der Waals surface area contributed by atoms with E-state index in [4.69, 9.17) is 9.97 Å². The molecule has 0 aromatic carbocycles. The molecule has 0 spiro atoms. The second-order valence-corrected chi connectivity index (χ2v) is 11.9. The van der Waals surface area contributed by atoms with E-state index in [1.54, 1.807) is 0 Å². The van der Waals surface area contributed by atoms with Crippen LogP contribution >= 0.6 is 7.14 Å². The zero-order valence-electron chi connectivity index (χ0n) is 16.5. The van der Waals surface area contributed by atoms with Gasteiger partial charge in [-0.05, 0) is 68.5 Å². The zero-order valence-corrected chi connectivity index (χ0v) is 17.4. The van der Waals surface area contributed by atoms with Crippen LogP contribution in [-0.4, -0.2) is 40.9 Å². The van der Waals surface area contributed by atoms with Crippen LogP contribution in [-0.2, 0) is 0 Å². The summed E-state index contributed by atoms with van der Waals surface area (Å²) in [7, 11) is -1.44. The largest absolute Gasteiger partial charge is 0.445 e. The van der Waals surface area contributed by atoms with Gasteiger partial charge in [0.2, 0.25) is 0 Å². The van der Waals surface area contributed by atoms with Crippen LogP contribution in [0.3, 0.4) is 0 Å². The molecule has 0 N–H and O–H groups in total. The van der Waals surface area contributed by atoms with E-state index >= 15 is 0 Å². The van der Waals surface area contributed by atoms with Gasteiger partial charge in [0.15, 0.2) is 0 Å². The highest BCUT2D eigenvalue weighted by molar-refractivity contribution is 8.06. The summed E-state index contributed by atoms with van der Waals surface area (Å²) in [5.41, 5.74) is 5.94. The summed E-state index contributed by atoms with van der Waals surface area (Å²) in [4.78, 5) is 13.9. The van der Waals surface area contributed by atoms with Crippen molar-refractivity contribution in [3.8, 4) is 0 Å². The molecule has 0 saturated heterocycles. The third kappa shape index (κ3) is 4.70. The molecule has 0 amide bonds. The Morgan fingerprint density at radius 2 is 1.30 bits per heavy atom. The zero-order chi connectivity index (χ0) is 19.3. The lowest BCUT2D eigenvalue weighted by Crippen LogP contribution is -2.47. The van der Waals surface area contributed by atoms with E-state index in [-0.39, 0.29) is 6.43 Å². The lowest BCUT2D eigenvalue weighted by atomic mass is 9.67. The van der Waals surface area contributed by atoms with Crippen molar-refractivity contribution >= 4 is 30.3 Å². The van der Waals surface area contributed by atoms with E-state index in [1.807, 2.05) is 42.9 Å². The fraction of sp³-hybridized carbons (Fsp3) is 0.227. The van der Waals surface area contributed by atoms with Gasteiger partial charge in [-0.2, -0.15) is 0 Å². The van der Waals surface area contributed by atoms with Gasteiger partial charge in [-0.3, -0.25) is 15.0 Å². The van der Waals surface area contributed by atoms with Crippen LogP contribution < -0.4 is 11.2 Å². The number of pyridine rings is 3. The van der Waals surface area contributed by atoms with E-state index in [2.05, 4.69) is 62.5 Å². The summed E-state index contributed by atoms with van der Waals surface area (Å²) < 4.78 is 0. The van der Waals surface area contributed by atoms with Crippen molar-refractivity contribution in [2.45, 2.75) is 13.8 Å². The third-order valence-electron chi connectivity index (χ3n) is 4.97. The molecule has 3 nitrogen and oxygen atoms in total. The van der Waals surface area contributed by atoms with E-state index in [9.17, 15) is 0 Å². The molecular weight excluding hydrogens is 348 g/mol. The molecule has 0 radical (unpaired) electrons. The number of hydrogen-bond donors (Lipinski definition) is 0. The highest BCUT2D eigenvalue weighted by atomic mass is 31.2. The summed E-state index contributed by atoms with van der Waals surface area (Å²) in [6, 6.07) is 18.4. The van der Waals surface area contributed by atoms with Crippen LogP contribution in [0, 0.1) is 0 Å². The number of allylic oxidation sites excluding steroid dienone is 2. The highest BCUT2D eigenvalue weighted by Crippen LogP contribution is 2.54. The van der Waals surface area contributed by atoms with E-state index in [0.29, 0.717) is 0 Å². The smallest absolute Gasteiger partial charge is 0.266 e. The maximum absolute atomic E-state index is 4.69. The first-order valence-corrected chi connectivity index (χ1v) is 12.1. The summed E-state index contributed by atoms with van der Waals surface area (Å²) in [5, 5.41) is 0. The lowest BCUT2D eigenvalue weighted by molar-refractivity contribution is 1.24. The Hall–Kier alpha value is -2.32. The Labute approximate surface area is 163 Å². The van der Waals surface area contributed by atoms with Crippen LogP contribution in [0.2, 0.25) is 0 Å². The van der Waals surface area contributed by atoms with Crippen molar-refractivity contribution in [2.75, 3.05) is 19.5 Å². The monoisotopic (exact) mass is 374 g/mol. The molecule has 136 valence electrons. The first kappa shape index (κ1) is 19.4. The van der Waals surface area contributed by atoms with Crippen molar-refractivity contribution in [1.82, 2.24) is 15.0 Å². The van der Waals surface area contributed by atoms with Crippen LogP contribution in [0.5, 0.6) is 0 Å². The van der Waals surface area contributed by atoms with E-state index in [0.717, 1.165) is 23.0 Å². The molecule has 3 aromatic heterocycles. The van der Waals surface area contributed by atoms with Crippen LogP contribution in [0.4, 0.5) is 0 Å². The van der Waals surface area contributed by atoms with Crippen molar-refractivity contribution in [3.05, 3.63) is 84.5 Å². The van der Waals surface area contributed by atoms with Gasteiger partial charge in [-0.15, -0.1) is 0 Å². The summed E-state index contributed by atoms with van der Waals surface area (Å²) in [6.07, 6.45) is 6.90. The van der Waals surface area contributed by atoms with Gasteiger partial charge in [0.05, 0.1) is 23.0 Å². The third-order valence-corrected chi connectivity index (χ3v) is 8.19. The van der Waals surface area contributed by atoms with Gasteiger partial charge in [0.25, 0.3) is 0 Å². The Kier molecular flexibility index (Phi) is 6.18. The van der Waals surface area contributed by atoms with Crippen LogP contribution in [0.1, 0.15) is 19.5 Å². The minimum atomic E-state index is -1.44. The van der Waals surface area contributed by atoms with Gasteiger partial charge in [0.1, 0.15) is 0 Å². The highest BCUT2D eigenvalue weighted by Gasteiger charge is 2.47. The second kappa shape index (κ2) is 8.58. The lowest BCUT2D eigenvalue weighted by Gasteiger charge is -2.25. The maximum atomic E-state index is 4.69. The van der Waals surface area contributed by atoms with Crippen molar-refractivity contribution < 1.29 is 0 Å². The maximum Gasteiger partial charge on any atom is 0.445 e. The molecule has 5 heteroatoms. The number of hydrogen-bond acceptors (Lipinski definition) is 3. The van der Waals surface area contributed by atoms with Crippen molar-refractivity contribution in [3.63, 3.8) is 0 Å². The Balaban J connectivity index is 1.98. The molecule has 3 heterocycles. The summed E-state index contributed by atoms with van der Waals surface area (Å²) >= 11 is 0. The molecule has 0 aliphatic heterocycles. The van der Waals surface area contributed by atoms with Crippen molar-refractivity contribution in [1.29, 1.82) is 0 Å². The average molecular weight is 374 g/mol. The first-order chi connectivity index (χ1) is 13.0. The Bertz CT molecular complexity index is 857. The summed E-state index contributed by atoms with van der Waals surface area (Å²) in [6.45, 7) is 9.24. The van der Waals surface area contributed by atoms with Gasteiger partial charge < -0.3 is 0 Å². The Morgan fingerprint density at radius 3 is 1.74 bits per heavy atom. The van der Waals surface area contributed by atoms with Gasteiger partial charge in [-0.1, -0.05) is 18.2 Å². The quantitative estimate of drug-likeness (QED) is 0.487. The normalized spacial score (nSPS) is 12.4. The molecule has 0 atom stereocenters. The molecule has 3 aromatic rings. The standard InChI is InChI=1S/C22H26BN3P/c1-18(19(2)20-11-5-8-14-24-20)17-27(3,4)23(21-12-6-9-15-25-21)22-13-7-10-16-26-22/h5-16H,17H2,1-4H3/q+1/b19-18+. The van der Waals surface area contributed by atoms with Crippen molar-refractivity contribution in [2.24, 2.45) is 0 Å². The molecule has 27 heavy (non-hydrogen) atoms. The molecule has 0 unspecified atom stereocenters. The predicted molar refractivity (Wildman–Crippen MR) is 120 cm³/mol. The van der Waals surface area contributed by atoms with E-state index in [1.165, 1.54) is 11.1 Å². The SMILES string of the molecule is C/C(C[P+](C)(C)B(c1ccccn1)c1ccccn1)=C(/C)c1ccccn1. The fourth-order valence-electron chi connectivity index (χ4n) is 3.57. The summed E-state index contributed by atoms with van der Waals surface area (Å²) in [5.74, 6) is 0. The van der Waals surface area contributed by atoms with Crippen LogP contribution in [0.15, 0.2) is 78.8 Å². The van der Waals surface area contributed by atoms with Gasteiger partial charge >= 0.3 is 6.43 Å². The molecular formula is C22H26BN3P+. The number of rotatable bonds is 6. The molecule has 0 aliphatic rings. The van der Waals surface area contributed by atoms with Gasteiger partial charge in [0, 0.05) is 31.9 Å². The first-order valence-electron chi connectivity index (χ1n) is 9.21. The topological polar surface area (TPSA) is 38.7 Å². The molecule has 0 aliphatic carbocycles. The molecule has 0 fully saturated rings. The number of aromatic nitrogens is 3. The fourth-order valence-corrected chi connectivity index (χ4v) is 6.95. The van der Waals surface area contributed by atoms with E-state index < -0.39 is 7.14 Å². The molecule has 0 saturated carbocycles. The van der Waals surface area contributed by atoms with Gasteiger partial charge in [-0.25, -0.2) is 0 Å². The predicted octanol–water partition coefficient (Wildman–Crippen LogP) is 3.75. The minimum Gasteiger partial charge on any atom is -0.266 e.